The molecule has 0 radical (unpaired) electrons. The number of hydrogen-bond donors (Lipinski definition) is 1. The zero-order chi connectivity index (χ0) is 26.0. The van der Waals surface area contributed by atoms with Crippen molar-refractivity contribution in [3.05, 3.63) is 53.1 Å². The van der Waals surface area contributed by atoms with E-state index in [1.807, 2.05) is 50.3 Å². The van der Waals surface area contributed by atoms with Gasteiger partial charge >= 0.3 is 0 Å². The zero-order valence-electron chi connectivity index (χ0n) is 21.0. The van der Waals surface area contributed by atoms with E-state index in [1.165, 1.54) is 4.90 Å². The second-order valence-corrected chi connectivity index (χ2v) is 10.7. The van der Waals surface area contributed by atoms with E-state index in [-0.39, 0.29) is 30.9 Å². The number of ether oxygens (including phenoxy) is 1. The van der Waals surface area contributed by atoms with Gasteiger partial charge in [0.1, 0.15) is 11.6 Å². The average Bonchev–Trinajstić information content (AvgIpc) is 3.16. The molecule has 0 aliphatic carbocycles. The Bertz CT molecular complexity index is 1160. The summed E-state index contributed by atoms with van der Waals surface area (Å²) in [5.74, 6) is -2.57. The fourth-order valence-electron chi connectivity index (χ4n) is 6.55. The Balaban J connectivity index is 1.72. The van der Waals surface area contributed by atoms with Crippen LogP contribution in [0.5, 0.6) is 0 Å². The molecule has 2 saturated heterocycles. The van der Waals surface area contributed by atoms with E-state index >= 15 is 0 Å². The van der Waals surface area contributed by atoms with Crippen LogP contribution < -0.4 is 4.90 Å². The van der Waals surface area contributed by atoms with Gasteiger partial charge in [-0.3, -0.25) is 14.4 Å². The maximum Gasteiger partial charge on any atom is 0.253 e. The summed E-state index contributed by atoms with van der Waals surface area (Å²) in [5.41, 5.74) is -0.980. The summed E-state index contributed by atoms with van der Waals surface area (Å²) in [6.45, 7) is 5.84. The normalized spacial score (nSPS) is 34.4. The summed E-state index contributed by atoms with van der Waals surface area (Å²) in [6, 6.07) is 3.72. The lowest BCUT2D eigenvalue weighted by atomic mass is 9.73. The van der Waals surface area contributed by atoms with Gasteiger partial charge in [-0.25, -0.2) is 0 Å². The highest BCUT2D eigenvalue weighted by atomic mass is 35.5. The van der Waals surface area contributed by atoms with Gasteiger partial charge in [0.25, 0.3) is 5.91 Å². The van der Waals surface area contributed by atoms with Gasteiger partial charge in [0.15, 0.2) is 0 Å². The number of likely N-dealkylation sites (N-methyl/N-ethyl adjacent to an activating group) is 1. The van der Waals surface area contributed by atoms with Gasteiger partial charge in [0.2, 0.25) is 11.8 Å². The molecule has 1 unspecified atom stereocenters. The van der Waals surface area contributed by atoms with Crippen LogP contribution in [0.3, 0.4) is 0 Å². The first kappa shape index (κ1) is 25.0. The van der Waals surface area contributed by atoms with E-state index < -0.39 is 35.1 Å². The molecule has 5 rings (SSSR count). The summed E-state index contributed by atoms with van der Waals surface area (Å²) >= 11 is 6.56. The van der Waals surface area contributed by atoms with Crippen LogP contribution >= 0.6 is 11.6 Å². The van der Waals surface area contributed by atoms with Crippen LogP contribution in [0.15, 0.2) is 42.5 Å². The lowest BCUT2D eigenvalue weighted by molar-refractivity contribution is -0.151. The first-order chi connectivity index (χ1) is 17.1. The molecule has 1 N–H and O–H groups in total. The molecule has 1 aromatic rings. The largest absolute Gasteiger partial charge is 0.394 e. The number of benzene rings is 1. The third-order valence-corrected chi connectivity index (χ3v) is 8.58. The van der Waals surface area contributed by atoms with Gasteiger partial charge in [-0.2, -0.15) is 0 Å². The monoisotopic (exact) mass is 513 g/mol. The van der Waals surface area contributed by atoms with Crippen LogP contribution in [-0.2, 0) is 19.1 Å². The van der Waals surface area contributed by atoms with Crippen LogP contribution in [0.25, 0.3) is 0 Å². The second kappa shape index (κ2) is 8.71. The van der Waals surface area contributed by atoms with Crippen molar-refractivity contribution in [2.45, 2.75) is 50.5 Å². The first-order valence-corrected chi connectivity index (χ1v) is 12.8. The molecule has 4 heterocycles. The quantitative estimate of drug-likeness (QED) is 0.624. The fraction of sp³-hybridized carbons (Fsp3) is 0.519. The molecule has 192 valence electrons. The van der Waals surface area contributed by atoms with Crippen LogP contribution in [0.2, 0.25) is 5.02 Å². The van der Waals surface area contributed by atoms with Crippen LogP contribution in [0.4, 0.5) is 5.69 Å². The highest BCUT2D eigenvalue weighted by molar-refractivity contribution is 6.34. The Morgan fingerprint density at radius 3 is 2.50 bits per heavy atom. The van der Waals surface area contributed by atoms with E-state index in [4.69, 9.17) is 16.3 Å². The number of para-hydroxylation sites is 1. The van der Waals surface area contributed by atoms with E-state index in [9.17, 15) is 19.5 Å². The highest BCUT2D eigenvalue weighted by Gasteiger charge is 2.75. The SMILES string of the molecule is CC[C@@]12C=CCN(C)C(=O)[C@@H]1[C@H]1C(=O)N([C@H](C)CO)C3C(=O)N(c4c(C)cccc4Cl)CC=C[C@@]31O2. The molecule has 0 aromatic heterocycles. The minimum Gasteiger partial charge on any atom is -0.394 e. The predicted molar refractivity (Wildman–Crippen MR) is 135 cm³/mol. The van der Waals surface area contributed by atoms with Crippen LogP contribution in [0.1, 0.15) is 25.8 Å². The second-order valence-electron chi connectivity index (χ2n) is 10.3. The number of nitrogens with zero attached hydrogens (tertiary/aromatic N) is 3. The van der Waals surface area contributed by atoms with Gasteiger partial charge in [-0.15, -0.1) is 0 Å². The zero-order valence-corrected chi connectivity index (χ0v) is 21.7. The number of likely N-dealkylation sites (tertiary alicyclic amines) is 1. The number of aliphatic hydroxyl groups is 1. The number of rotatable bonds is 4. The average molecular weight is 514 g/mol. The number of carbonyl (C=O) groups excluding carboxylic acids is 3. The van der Waals surface area contributed by atoms with Crippen molar-refractivity contribution in [2.75, 3.05) is 31.6 Å². The van der Waals surface area contributed by atoms with Crippen molar-refractivity contribution in [1.82, 2.24) is 9.80 Å². The topological polar surface area (TPSA) is 90.4 Å². The number of carbonyl (C=O) groups is 3. The molecule has 0 bridgehead atoms. The minimum atomic E-state index is -1.36. The molecule has 1 aromatic carbocycles. The van der Waals surface area contributed by atoms with Gasteiger partial charge in [0, 0.05) is 20.1 Å². The summed E-state index contributed by atoms with van der Waals surface area (Å²) in [6.07, 6.45) is 7.91. The smallest absolute Gasteiger partial charge is 0.253 e. The highest BCUT2D eigenvalue weighted by Crippen LogP contribution is 2.59. The third kappa shape index (κ3) is 3.24. The molecule has 6 atom stereocenters. The van der Waals surface area contributed by atoms with Crippen molar-refractivity contribution >= 4 is 35.0 Å². The Labute approximate surface area is 216 Å². The van der Waals surface area contributed by atoms with E-state index in [0.717, 1.165) is 5.56 Å². The molecule has 4 aliphatic rings. The molecule has 4 aliphatic heterocycles. The standard InChI is InChI=1S/C27H32ClN3O5/c1-5-26-11-7-13-29(4)23(33)19(26)20-24(34)31(17(3)15-32)22-25(35)30(14-8-12-27(20,22)36-26)21-16(2)9-6-10-18(21)28/h6-12,17,19-20,22,32H,5,13-15H2,1-4H3/t17-,19+,20+,22?,26-,27+/m1/s1. The van der Waals surface area contributed by atoms with E-state index in [1.54, 1.807) is 29.8 Å². The first-order valence-electron chi connectivity index (χ1n) is 12.4. The summed E-state index contributed by atoms with van der Waals surface area (Å²) in [5, 5.41) is 10.5. The number of hydrogen-bond acceptors (Lipinski definition) is 5. The summed E-state index contributed by atoms with van der Waals surface area (Å²) in [4.78, 5) is 46.9. The van der Waals surface area contributed by atoms with Crippen molar-refractivity contribution < 1.29 is 24.2 Å². The molecule has 3 amide bonds. The van der Waals surface area contributed by atoms with Gasteiger partial charge in [-0.05, 0) is 31.9 Å². The maximum absolute atomic E-state index is 14.4. The van der Waals surface area contributed by atoms with Crippen molar-refractivity contribution in [3.8, 4) is 0 Å². The molecular weight excluding hydrogens is 482 g/mol. The molecule has 2 fully saturated rings. The third-order valence-electron chi connectivity index (χ3n) is 8.28. The fourth-order valence-corrected chi connectivity index (χ4v) is 6.87. The van der Waals surface area contributed by atoms with E-state index in [0.29, 0.717) is 23.7 Å². The molecule has 9 heteroatoms. The number of halogens is 1. The van der Waals surface area contributed by atoms with Gasteiger partial charge < -0.3 is 24.5 Å². The number of aliphatic hydroxyl groups excluding tert-OH is 1. The number of anilines is 1. The van der Waals surface area contributed by atoms with Gasteiger partial charge in [-0.1, -0.05) is 55.0 Å². The van der Waals surface area contributed by atoms with Gasteiger partial charge in [0.05, 0.1) is 40.8 Å². The molecular formula is C27H32ClN3O5. The predicted octanol–water partition coefficient (Wildman–Crippen LogP) is 2.32. The lowest BCUT2D eigenvalue weighted by Gasteiger charge is -2.40. The molecule has 1 spiro atoms. The summed E-state index contributed by atoms with van der Waals surface area (Å²) in [7, 11) is 1.71. The number of aryl methyl sites for hydroxylation is 1. The number of amides is 3. The molecule has 36 heavy (non-hydrogen) atoms. The van der Waals surface area contributed by atoms with Crippen molar-refractivity contribution in [1.29, 1.82) is 0 Å². The van der Waals surface area contributed by atoms with Crippen LogP contribution in [0, 0.1) is 18.8 Å². The summed E-state index contributed by atoms with van der Waals surface area (Å²) < 4.78 is 6.86. The van der Waals surface area contributed by atoms with Crippen LogP contribution in [-0.4, -0.2) is 82.7 Å². The molecule has 8 nitrogen and oxygen atoms in total. The van der Waals surface area contributed by atoms with Crippen molar-refractivity contribution in [3.63, 3.8) is 0 Å². The molecule has 0 saturated carbocycles. The Kier molecular flexibility index (Phi) is 6.05. The maximum atomic E-state index is 14.4. The number of fused-ring (bicyclic) bond motifs is 2. The van der Waals surface area contributed by atoms with E-state index in [2.05, 4.69) is 0 Å². The Hall–Kier alpha value is -2.68. The lowest BCUT2D eigenvalue weighted by Crippen LogP contribution is -2.58. The Morgan fingerprint density at radius 2 is 1.83 bits per heavy atom. The Morgan fingerprint density at radius 1 is 1.11 bits per heavy atom. The van der Waals surface area contributed by atoms with Crippen molar-refractivity contribution in [2.24, 2.45) is 11.8 Å². The minimum absolute atomic E-state index is 0.182.